The number of hydrogen-bond donors (Lipinski definition) is 1. The summed E-state index contributed by atoms with van der Waals surface area (Å²) >= 11 is 5.12. The lowest BCUT2D eigenvalue weighted by atomic mass is 10.1. The first-order valence-electron chi connectivity index (χ1n) is 6.27. The summed E-state index contributed by atoms with van der Waals surface area (Å²) in [5, 5.41) is 0. The second kappa shape index (κ2) is 7.31. The van der Waals surface area contributed by atoms with E-state index in [1.165, 1.54) is 0 Å². The number of nitrogens with two attached hydrogens (primary N) is 1. The third-order valence-electron chi connectivity index (χ3n) is 2.75. The maximum Gasteiger partial charge on any atom is 0.161 e. The van der Waals surface area contributed by atoms with E-state index in [0.717, 1.165) is 17.7 Å². The van der Waals surface area contributed by atoms with Gasteiger partial charge in [-0.15, -0.1) is 0 Å². The molecule has 1 unspecified atom stereocenters. The molecule has 0 fully saturated rings. The van der Waals surface area contributed by atoms with Gasteiger partial charge in [-0.1, -0.05) is 25.2 Å². The third-order valence-corrected chi connectivity index (χ3v) is 2.97. The Balaban J connectivity index is 3.07. The van der Waals surface area contributed by atoms with E-state index in [0.29, 0.717) is 17.3 Å². The minimum absolute atomic E-state index is 0.107. The molecule has 1 atom stereocenters. The van der Waals surface area contributed by atoms with Crippen molar-refractivity contribution in [3.63, 3.8) is 0 Å². The molecule has 0 radical (unpaired) electrons. The number of ether oxygens (including phenoxy) is 2. The molecule has 0 spiro atoms. The predicted molar refractivity (Wildman–Crippen MR) is 82.0 cm³/mol. The number of thiocarbonyl (C=S) groups is 1. The second-order valence-corrected chi connectivity index (χ2v) is 5.00. The van der Waals surface area contributed by atoms with Gasteiger partial charge in [0.15, 0.2) is 11.5 Å². The van der Waals surface area contributed by atoms with E-state index in [9.17, 15) is 0 Å². The van der Waals surface area contributed by atoms with Gasteiger partial charge in [0, 0.05) is 0 Å². The summed E-state index contributed by atoms with van der Waals surface area (Å²) in [5.74, 6) is 1.45. The van der Waals surface area contributed by atoms with Crippen LogP contribution in [0.2, 0.25) is 0 Å². The van der Waals surface area contributed by atoms with Crippen LogP contribution in [-0.2, 0) is 0 Å². The molecule has 1 rings (SSSR count). The molecule has 0 heterocycles. The smallest absolute Gasteiger partial charge is 0.161 e. The van der Waals surface area contributed by atoms with Gasteiger partial charge in [0.05, 0.1) is 24.7 Å². The van der Waals surface area contributed by atoms with E-state index < -0.39 is 0 Å². The Morgan fingerprint density at radius 3 is 2.53 bits per heavy atom. The number of benzene rings is 1. The van der Waals surface area contributed by atoms with Crippen molar-refractivity contribution in [3.05, 3.63) is 23.8 Å². The average Bonchev–Trinajstić information content (AvgIpc) is 2.36. The fraction of sp³-hybridized carbons (Fsp3) is 0.500. The fourth-order valence-corrected chi connectivity index (χ4v) is 2.25. The van der Waals surface area contributed by atoms with Crippen molar-refractivity contribution < 1.29 is 9.47 Å². The molecule has 0 saturated carbocycles. The topological polar surface area (TPSA) is 47.7 Å². The molecule has 0 bridgehead atoms. The third kappa shape index (κ3) is 4.08. The summed E-state index contributed by atoms with van der Waals surface area (Å²) < 4.78 is 11.0. The van der Waals surface area contributed by atoms with Crippen molar-refractivity contribution in [2.45, 2.75) is 19.4 Å². The maximum atomic E-state index is 5.80. The molecule has 0 amide bonds. The minimum Gasteiger partial charge on any atom is -0.493 e. The number of likely N-dealkylation sites (N-methyl/N-ethyl adjacent to an activating group) is 1. The van der Waals surface area contributed by atoms with Crippen LogP contribution in [0.1, 0.15) is 24.9 Å². The first kappa shape index (κ1) is 15.7. The molecule has 1 aromatic rings. The van der Waals surface area contributed by atoms with Crippen LogP contribution in [0, 0.1) is 0 Å². The van der Waals surface area contributed by atoms with E-state index in [1.54, 1.807) is 7.11 Å². The van der Waals surface area contributed by atoms with Crippen LogP contribution in [0.25, 0.3) is 0 Å². The molecule has 0 aliphatic carbocycles. The highest BCUT2D eigenvalue weighted by atomic mass is 32.1. The predicted octanol–water partition coefficient (Wildman–Crippen LogP) is 2.37. The van der Waals surface area contributed by atoms with Gasteiger partial charge in [-0.2, -0.15) is 0 Å². The molecule has 2 N–H and O–H groups in total. The number of methoxy groups -OCH3 is 1. The highest BCUT2D eigenvalue weighted by molar-refractivity contribution is 7.80. The van der Waals surface area contributed by atoms with E-state index in [2.05, 4.69) is 6.92 Å². The van der Waals surface area contributed by atoms with Gasteiger partial charge in [-0.05, 0) is 38.2 Å². The highest BCUT2D eigenvalue weighted by Crippen LogP contribution is 2.31. The Morgan fingerprint density at radius 2 is 2.05 bits per heavy atom. The number of nitrogens with zero attached hydrogens (tertiary/aromatic N) is 1. The van der Waals surface area contributed by atoms with Gasteiger partial charge >= 0.3 is 0 Å². The van der Waals surface area contributed by atoms with Crippen LogP contribution in [0.15, 0.2) is 18.2 Å². The Labute approximate surface area is 120 Å². The van der Waals surface area contributed by atoms with E-state index >= 15 is 0 Å². The van der Waals surface area contributed by atoms with Gasteiger partial charge < -0.3 is 15.2 Å². The van der Waals surface area contributed by atoms with Gasteiger partial charge in [-0.3, -0.25) is 4.90 Å². The van der Waals surface area contributed by atoms with Gasteiger partial charge in [0.1, 0.15) is 0 Å². The van der Waals surface area contributed by atoms with Crippen LogP contribution in [0.3, 0.4) is 0 Å². The largest absolute Gasteiger partial charge is 0.493 e. The van der Waals surface area contributed by atoms with E-state index in [-0.39, 0.29) is 6.04 Å². The first-order chi connectivity index (χ1) is 9.01. The van der Waals surface area contributed by atoms with Crippen LogP contribution in [0.4, 0.5) is 0 Å². The minimum atomic E-state index is -0.107. The molecule has 106 valence electrons. The standard InChI is InChI=1S/C14H22N2O2S/c1-5-8-18-11-7-6-10(9-12(11)17-4)13(14(15)19)16(2)3/h6-7,9,13H,5,8H2,1-4H3,(H2,15,19). The highest BCUT2D eigenvalue weighted by Gasteiger charge is 2.19. The molecule has 1 aromatic carbocycles. The summed E-state index contributed by atoms with van der Waals surface area (Å²) in [6.45, 7) is 2.73. The normalized spacial score (nSPS) is 12.3. The Kier molecular flexibility index (Phi) is 6.05. The Morgan fingerprint density at radius 1 is 1.37 bits per heavy atom. The summed E-state index contributed by atoms with van der Waals surface area (Å²) in [4.78, 5) is 2.42. The van der Waals surface area contributed by atoms with E-state index in [4.69, 9.17) is 27.4 Å². The van der Waals surface area contributed by atoms with Crippen molar-refractivity contribution in [2.75, 3.05) is 27.8 Å². The molecule has 5 heteroatoms. The molecule has 0 aromatic heterocycles. The summed E-state index contributed by atoms with van der Waals surface area (Å²) in [6, 6.07) is 5.69. The second-order valence-electron chi connectivity index (χ2n) is 4.53. The average molecular weight is 282 g/mol. The van der Waals surface area contributed by atoms with Crippen molar-refractivity contribution in [3.8, 4) is 11.5 Å². The van der Waals surface area contributed by atoms with Crippen molar-refractivity contribution >= 4 is 17.2 Å². The van der Waals surface area contributed by atoms with Crippen molar-refractivity contribution in [1.29, 1.82) is 0 Å². The fourth-order valence-electron chi connectivity index (χ4n) is 1.90. The summed E-state index contributed by atoms with van der Waals surface area (Å²) in [7, 11) is 5.51. The van der Waals surface area contributed by atoms with Crippen LogP contribution in [0.5, 0.6) is 11.5 Å². The summed E-state index contributed by atoms with van der Waals surface area (Å²) in [5.41, 5.74) is 6.80. The molecule has 0 saturated heterocycles. The van der Waals surface area contributed by atoms with Crippen LogP contribution >= 0.6 is 12.2 Å². The first-order valence-corrected chi connectivity index (χ1v) is 6.68. The molecule has 0 aliphatic heterocycles. The Hall–Kier alpha value is -1.33. The van der Waals surface area contributed by atoms with Crippen LogP contribution < -0.4 is 15.2 Å². The maximum absolute atomic E-state index is 5.80. The lowest BCUT2D eigenvalue weighted by molar-refractivity contribution is 0.293. The monoisotopic (exact) mass is 282 g/mol. The van der Waals surface area contributed by atoms with Gasteiger partial charge in [0.2, 0.25) is 0 Å². The van der Waals surface area contributed by atoms with Crippen molar-refractivity contribution in [2.24, 2.45) is 5.73 Å². The Bertz CT molecular complexity index is 435. The zero-order valence-corrected chi connectivity index (χ0v) is 12.8. The lowest BCUT2D eigenvalue weighted by Gasteiger charge is -2.24. The molecule has 19 heavy (non-hydrogen) atoms. The van der Waals surface area contributed by atoms with Gasteiger partial charge in [-0.25, -0.2) is 0 Å². The summed E-state index contributed by atoms with van der Waals surface area (Å²) in [6.07, 6.45) is 0.956. The molecular weight excluding hydrogens is 260 g/mol. The molecular formula is C14H22N2O2S. The zero-order chi connectivity index (χ0) is 14.4. The molecule has 0 aliphatic rings. The van der Waals surface area contributed by atoms with E-state index in [1.807, 2.05) is 37.2 Å². The molecule has 4 nitrogen and oxygen atoms in total. The number of hydrogen-bond acceptors (Lipinski definition) is 4. The zero-order valence-electron chi connectivity index (χ0n) is 12.0. The van der Waals surface area contributed by atoms with Crippen molar-refractivity contribution in [1.82, 2.24) is 4.90 Å². The lowest BCUT2D eigenvalue weighted by Crippen LogP contribution is -2.31. The SMILES string of the molecule is CCCOc1ccc(C(C(N)=S)N(C)C)cc1OC. The van der Waals surface area contributed by atoms with Crippen LogP contribution in [-0.4, -0.2) is 37.7 Å². The quantitative estimate of drug-likeness (QED) is 0.778. The van der Waals surface area contributed by atoms with Gasteiger partial charge in [0.25, 0.3) is 0 Å². The number of rotatable bonds is 7.